The van der Waals surface area contributed by atoms with Gasteiger partial charge in [-0.1, -0.05) is 5.16 Å². The predicted molar refractivity (Wildman–Crippen MR) is 59.2 cm³/mol. The van der Waals surface area contributed by atoms with Crippen LogP contribution in [0.2, 0.25) is 0 Å². The molecule has 16 heavy (non-hydrogen) atoms. The number of nitrogens with one attached hydrogen (secondary N) is 1. The van der Waals surface area contributed by atoms with Crippen LogP contribution in [0.4, 0.5) is 0 Å². The van der Waals surface area contributed by atoms with Crippen molar-refractivity contribution in [1.82, 2.24) is 15.5 Å². The zero-order valence-corrected chi connectivity index (χ0v) is 9.90. The van der Waals surface area contributed by atoms with E-state index >= 15 is 0 Å². The zero-order chi connectivity index (χ0) is 11.4. The van der Waals surface area contributed by atoms with Crippen LogP contribution in [0.3, 0.4) is 0 Å². The van der Waals surface area contributed by atoms with Gasteiger partial charge in [0.05, 0.1) is 0 Å². The Morgan fingerprint density at radius 3 is 3.12 bits per heavy atom. The summed E-state index contributed by atoms with van der Waals surface area (Å²) in [6.45, 7) is 3.79. The van der Waals surface area contributed by atoms with Gasteiger partial charge in [0.15, 0.2) is 5.82 Å². The molecule has 2 unspecified atom stereocenters. The van der Waals surface area contributed by atoms with Crippen LogP contribution >= 0.6 is 0 Å². The zero-order valence-electron chi connectivity index (χ0n) is 9.90. The Morgan fingerprint density at radius 2 is 2.44 bits per heavy atom. The lowest BCUT2D eigenvalue weighted by molar-refractivity contribution is 0.185. The van der Waals surface area contributed by atoms with Crippen LogP contribution < -0.4 is 5.32 Å². The fourth-order valence-electron chi connectivity index (χ4n) is 1.82. The first kappa shape index (κ1) is 11.5. The molecule has 2 atom stereocenters. The Kier molecular flexibility index (Phi) is 3.90. The van der Waals surface area contributed by atoms with Crippen LogP contribution in [-0.4, -0.2) is 36.4 Å². The molecule has 5 nitrogen and oxygen atoms in total. The lowest BCUT2D eigenvalue weighted by atomic mass is 10.1. The van der Waals surface area contributed by atoms with E-state index in [1.165, 1.54) is 0 Å². The summed E-state index contributed by atoms with van der Waals surface area (Å²) in [5.74, 6) is 2.09. The third-order valence-corrected chi connectivity index (χ3v) is 2.98. The standard InChI is InChI=1S/C11H19N3O2/c1-8(12-2)5-11-13-10(14-16-11)6-9-3-4-15-7-9/h8-9,12H,3-7H2,1-2H3. The summed E-state index contributed by atoms with van der Waals surface area (Å²) in [4.78, 5) is 4.39. The molecule has 0 aromatic carbocycles. The molecule has 1 saturated heterocycles. The number of rotatable bonds is 5. The molecule has 0 spiro atoms. The molecule has 1 aliphatic rings. The predicted octanol–water partition coefficient (Wildman–Crippen LogP) is 0.799. The highest BCUT2D eigenvalue weighted by molar-refractivity contribution is 4.91. The van der Waals surface area contributed by atoms with Crippen molar-refractivity contribution < 1.29 is 9.26 Å². The van der Waals surface area contributed by atoms with E-state index < -0.39 is 0 Å². The third-order valence-electron chi connectivity index (χ3n) is 2.98. The Balaban J connectivity index is 1.86. The molecular formula is C11H19N3O2. The van der Waals surface area contributed by atoms with E-state index in [2.05, 4.69) is 22.4 Å². The second-order valence-electron chi connectivity index (χ2n) is 4.43. The molecule has 0 radical (unpaired) electrons. The molecule has 0 bridgehead atoms. The minimum Gasteiger partial charge on any atom is -0.381 e. The molecule has 1 aromatic heterocycles. The van der Waals surface area contributed by atoms with Gasteiger partial charge in [-0.25, -0.2) is 0 Å². The maximum absolute atomic E-state index is 5.32. The summed E-state index contributed by atoms with van der Waals surface area (Å²) in [7, 11) is 1.93. The number of ether oxygens (including phenoxy) is 1. The van der Waals surface area contributed by atoms with Crippen molar-refractivity contribution >= 4 is 0 Å². The van der Waals surface area contributed by atoms with Gasteiger partial charge in [-0.15, -0.1) is 0 Å². The average Bonchev–Trinajstić information content (AvgIpc) is 2.91. The van der Waals surface area contributed by atoms with E-state index in [1.807, 2.05) is 7.05 Å². The van der Waals surface area contributed by atoms with Crippen LogP contribution in [0.5, 0.6) is 0 Å². The first-order valence-corrected chi connectivity index (χ1v) is 5.84. The highest BCUT2D eigenvalue weighted by atomic mass is 16.5. The van der Waals surface area contributed by atoms with Crippen LogP contribution in [0.15, 0.2) is 4.52 Å². The SMILES string of the molecule is CNC(C)Cc1nc(CC2CCOC2)no1. The highest BCUT2D eigenvalue weighted by Gasteiger charge is 2.19. The fourth-order valence-corrected chi connectivity index (χ4v) is 1.82. The van der Waals surface area contributed by atoms with E-state index in [-0.39, 0.29) is 0 Å². The second kappa shape index (κ2) is 5.41. The lowest BCUT2D eigenvalue weighted by Gasteiger charge is -2.04. The van der Waals surface area contributed by atoms with Crippen molar-refractivity contribution in [3.63, 3.8) is 0 Å². The molecule has 0 saturated carbocycles. The Labute approximate surface area is 95.6 Å². The minimum atomic E-state index is 0.364. The molecule has 1 aromatic rings. The maximum atomic E-state index is 5.32. The van der Waals surface area contributed by atoms with Gasteiger partial charge in [0.1, 0.15) is 0 Å². The van der Waals surface area contributed by atoms with E-state index in [4.69, 9.17) is 9.26 Å². The van der Waals surface area contributed by atoms with E-state index in [0.717, 1.165) is 44.2 Å². The van der Waals surface area contributed by atoms with Crippen molar-refractivity contribution in [3.05, 3.63) is 11.7 Å². The number of hydrogen-bond donors (Lipinski definition) is 1. The Bertz CT molecular complexity index is 321. The molecule has 0 amide bonds. The van der Waals surface area contributed by atoms with Crippen molar-refractivity contribution in [2.24, 2.45) is 5.92 Å². The van der Waals surface area contributed by atoms with Crippen LogP contribution in [0.1, 0.15) is 25.1 Å². The van der Waals surface area contributed by atoms with Crippen LogP contribution in [-0.2, 0) is 17.6 Å². The molecule has 90 valence electrons. The third kappa shape index (κ3) is 3.02. The van der Waals surface area contributed by atoms with Gasteiger partial charge >= 0.3 is 0 Å². The van der Waals surface area contributed by atoms with Gasteiger partial charge in [0.25, 0.3) is 0 Å². The number of aromatic nitrogens is 2. The number of nitrogens with zero attached hydrogens (tertiary/aromatic N) is 2. The van der Waals surface area contributed by atoms with Crippen molar-refractivity contribution in [2.45, 2.75) is 32.2 Å². The Morgan fingerprint density at radius 1 is 1.56 bits per heavy atom. The Hall–Kier alpha value is -0.940. The van der Waals surface area contributed by atoms with Crippen LogP contribution in [0.25, 0.3) is 0 Å². The molecule has 1 N–H and O–H groups in total. The quantitative estimate of drug-likeness (QED) is 0.803. The first-order chi connectivity index (χ1) is 7.78. The van der Waals surface area contributed by atoms with E-state index in [1.54, 1.807) is 0 Å². The lowest BCUT2D eigenvalue weighted by Crippen LogP contribution is -2.23. The van der Waals surface area contributed by atoms with Gasteiger partial charge in [-0.05, 0) is 26.3 Å². The molecule has 2 heterocycles. The molecule has 1 aliphatic heterocycles. The van der Waals surface area contributed by atoms with Gasteiger partial charge < -0.3 is 14.6 Å². The molecule has 1 fully saturated rings. The molecule has 2 rings (SSSR count). The fraction of sp³-hybridized carbons (Fsp3) is 0.818. The second-order valence-corrected chi connectivity index (χ2v) is 4.43. The van der Waals surface area contributed by atoms with Gasteiger partial charge in [-0.3, -0.25) is 0 Å². The highest BCUT2D eigenvalue weighted by Crippen LogP contribution is 2.16. The summed E-state index contributed by atoms with van der Waals surface area (Å²) in [6, 6.07) is 0.364. The van der Waals surface area contributed by atoms with Gasteiger partial charge in [0.2, 0.25) is 5.89 Å². The van der Waals surface area contributed by atoms with E-state index in [0.29, 0.717) is 12.0 Å². The first-order valence-electron chi connectivity index (χ1n) is 5.84. The summed E-state index contributed by atoms with van der Waals surface area (Å²) < 4.78 is 10.5. The summed E-state index contributed by atoms with van der Waals surface area (Å²) in [6.07, 6.45) is 2.76. The minimum absolute atomic E-state index is 0.364. The summed E-state index contributed by atoms with van der Waals surface area (Å²) >= 11 is 0. The topological polar surface area (TPSA) is 60.2 Å². The summed E-state index contributed by atoms with van der Waals surface area (Å²) in [5, 5.41) is 7.15. The molecule has 5 heteroatoms. The molecular weight excluding hydrogens is 206 g/mol. The average molecular weight is 225 g/mol. The van der Waals surface area contributed by atoms with Crippen molar-refractivity contribution in [3.8, 4) is 0 Å². The monoisotopic (exact) mass is 225 g/mol. The van der Waals surface area contributed by atoms with Crippen molar-refractivity contribution in [1.29, 1.82) is 0 Å². The number of likely N-dealkylation sites (N-methyl/N-ethyl adjacent to an activating group) is 1. The largest absolute Gasteiger partial charge is 0.381 e. The molecule has 0 aliphatic carbocycles. The smallest absolute Gasteiger partial charge is 0.228 e. The van der Waals surface area contributed by atoms with Crippen LogP contribution in [0, 0.1) is 5.92 Å². The maximum Gasteiger partial charge on any atom is 0.228 e. The van der Waals surface area contributed by atoms with Gasteiger partial charge in [-0.2, -0.15) is 4.98 Å². The van der Waals surface area contributed by atoms with Gasteiger partial charge in [0, 0.05) is 32.1 Å². The van der Waals surface area contributed by atoms with Crippen molar-refractivity contribution in [2.75, 3.05) is 20.3 Å². The summed E-state index contributed by atoms with van der Waals surface area (Å²) in [5.41, 5.74) is 0. The normalized spacial score (nSPS) is 22.5. The van der Waals surface area contributed by atoms with E-state index in [9.17, 15) is 0 Å². The number of hydrogen-bond acceptors (Lipinski definition) is 5.